The van der Waals surface area contributed by atoms with Gasteiger partial charge in [0.15, 0.2) is 0 Å². The Bertz CT molecular complexity index is 1100. The van der Waals surface area contributed by atoms with Crippen molar-refractivity contribution in [3.8, 4) is 0 Å². The molecule has 2 aromatic carbocycles. The molecule has 0 aliphatic heterocycles. The molecule has 0 bridgehead atoms. The Morgan fingerprint density at radius 1 is 0.900 bits per heavy atom. The smallest absolute Gasteiger partial charge is 0.299 e. The summed E-state index contributed by atoms with van der Waals surface area (Å²) < 4.78 is 0. The fourth-order valence-corrected chi connectivity index (χ4v) is 3.34. The number of nitrogens with zero attached hydrogens (tertiary/aromatic N) is 3. The van der Waals surface area contributed by atoms with Crippen LogP contribution in [-0.2, 0) is 0 Å². The van der Waals surface area contributed by atoms with E-state index in [-0.39, 0.29) is 34.0 Å². The first-order valence-corrected chi connectivity index (χ1v) is 9.17. The largest absolute Gasteiger partial charge is 0.367 e. The second-order valence-electron chi connectivity index (χ2n) is 6.44. The van der Waals surface area contributed by atoms with Crippen LogP contribution in [0.5, 0.6) is 0 Å². The van der Waals surface area contributed by atoms with Crippen LogP contribution in [-0.4, -0.2) is 39.4 Å². The number of nitro benzene ring substituents is 2. The maximum absolute atomic E-state index is 13.2. The van der Waals surface area contributed by atoms with E-state index >= 15 is 0 Å². The molecular formula is C20H18N4O6. The molecule has 1 aliphatic carbocycles. The standard InChI is InChI=1S/C20H18N4O6/c1-3-22(4-2)18-17(19(25)13-7-5-6-8-14(13)20(18)26)21-15-10-9-12(23(27)28)11-16(15)24(29)30/h5-11,21H,3-4H2,1-2H3. The molecule has 0 heterocycles. The minimum absolute atomic E-state index is 0.0978. The number of Topliss-reactive ketones (excluding diaryl/α,β-unsaturated/α-hetero) is 2. The van der Waals surface area contributed by atoms with E-state index in [4.69, 9.17) is 0 Å². The van der Waals surface area contributed by atoms with Gasteiger partial charge in [0.05, 0.1) is 15.9 Å². The van der Waals surface area contributed by atoms with Gasteiger partial charge in [0, 0.05) is 30.3 Å². The zero-order valence-electron chi connectivity index (χ0n) is 16.2. The van der Waals surface area contributed by atoms with Crippen LogP contribution in [0.25, 0.3) is 0 Å². The Morgan fingerprint density at radius 2 is 1.50 bits per heavy atom. The lowest BCUT2D eigenvalue weighted by Crippen LogP contribution is -2.36. The van der Waals surface area contributed by atoms with Gasteiger partial charge in [-0.05, 0) is 19.9 Å². The third-order valence-corrected chi connectivity index (χ3v) is 4.82. The number of non-ortho nitro benzene ring substituents is 1. The van der Waals surface area contributed by atoms with Crippen LogP contribution in [0, 0.1) is 20.2 Å². The highest BCUT2D eigenvalue weighted by atomic mass is 16.6. The van der Waals surface area contributed by atoms with Gasteiger partial charge >= 0.3 is 0 Å². The number of ketones is 2. The minimum atomic E-state index is -0.782. The molecule has 0 radical (unpaired) electrons. The Morgan fingerprint density at radius 3 is 2.03 bits per heavy atom. The zero-order valence-corrected chi connectivity index (χ0v) is 16.2. The Labute approximate surface area is 171 Å². The molecule has 10 heteroatoms. The number of hydrogen-bond donors (Lipinski definition) is 1. The monoisotopic (exact) mass is 410 g/mol. The minimum Gasteiger partial charge on any atom is -0.367 e. The van der Waals surface area contributed by atoms with Crippen LogP contribution < -0.4 is 5.32 Å². The second-order valence-corrected chi connectivity index (χ2v) is 6.44. The summed E-state index contributed by atoms with van der Waals surface area (Å²) in [5.41, 5.74) is -0.698. The van der Waals surface area contributed by atoms with Crippen molar-refractivity contribution < 1.29 is 19.4 Å². The maximum Gasteiger partial charge on any atom is 0.299 e. The lowest BCUT2D eigenvalue weighted by Gasteiger charge is -2.30. The normalized spacial score (nSPS) is 13.1. The van der Waals surface area contributed by atoms with Crippen molar-refractivity contribution in [2.45, 2.75) is 13.8 Å². The molecule has 30 heavy (non-hydrogen) atoms. The van der Waals surface area contributed by atoms with Gasteiger partial charge in [-0.25, -0.2) is 0 Å². The van der Waals surface area contributed by atoms with E-state index in [1.54, 1.807) is 23.1 Å². The number of anilines is 1. The van der Waals surface area contributed by atoms with E-state index in [1.807, 2.05) is 13.8 Å². The van der Waals surface area contributed by atoms with Crippen molar-refractivity contribution >= 4 is 28.6 Å². The van der Waals surface area contributed by atoms with E-state index in [2.05, 4.69) is 5.32 Å². The summed E-state index contributed by atoms with van der Waals surface area (Å²) >= 11 is 0. The third kappa shape index (κ3) is 3.50. The van der Waals surface area contributed by atoms with Gasteiger partial charge in [-0.1, -0.05) is 24.3 Å². The fourth-order valence-electron chi connectivity index (χ4n) is 3.34. The highest BCUT2D eigenvalue weighted by molar-refractivity contribution is 6.27. The van der Waals surface area contributed by atoms with E-state index in [9.17, 15) is 29.8 Å². The van der Waals surface area contributed by atoms with Gasteiger partial charge in [0.25, 0.3) is 11.4 Å². The summed E-state index contributed by atoms with van der Waals surface area (Å²) in [5, 5.41) is 25.2. The number of hydrogen-bond acceptors (Lipinski definition) is 8. The highest BCUT2D eigenvalue weighted by Crippen LogP contribution is 2.34. The molecule has 0 unspecified atom stereocenters. The van der Waals surface area contributed by atoms with E-state index in [1.165, 1.54) is 6.07 Å². The van der Waals surface area contributed by atoms with Gasteiger partial charge in [0.2, 0.25) is 11.6 Å². The Kier molecular flexibility index (Phi) is 5.58. The molecule has 0 aromatic heterocycles. The molecule has 1 N–H and O–H groups in total. The van der Waals surface area contributed by atoms with Crippen molar-refractivity contribution in [2.24, 2.45) is 0 Å². The van der Waals surface area contributed by atoms with Crippen LogP contribution >= 0.6 is 0 Å². The maximum atomic E-state index is 13.2. The van der Waals surface area contributed by atoms with Crippen LogP contribution in [0.3, 0.4) is 0 Å². The van der Waals surface area contributed by atoms with Gasteiger partial charge in [0.1, 0.15) is 17.1 Å². The molecule has 1 aliphatic rings. The number of likely N-dealkylation sites (N-methyl/N-ethyl adjacent to an activating group) is 1. The fraction of sp³-hybridized carbons (Fsp3) is 0.200. The van der Waals surface area contributed by atoms with Gasteiger partial charge in [-0.15, -0.1) is 0 Å². The van der Waals surface area contributed by atoms with Crippen molar-refractivity contribution in [2.75, 3.05) is 18.4 Å². The summed E-state index contributed by atoms with van der Waals surface area (Å²) in [6, 6.07) is 9.41. The summed E-state index contributed by atoms with van der Waals surface area (Å²) in [5.74, 6) is -0.860. The molecule has 0 atom stereocenters. The number of fused-ring (bicyclic) bond motifs is 1. The topological polar surface area (TPSA) is 136 Å². The van der Waals surface area contributed by atoms with Crippen LogP contribution in [0.15, 0.2) is 53.9 Å². The van der Waals surface area contributed by atoms with E-state index < -0.39 is 27.0 Å². The summed E-state index contributed by atoms with van der Waals surface area (Å²) in [7, 11) is 0. The molecule has 0 saturated carbocycles. The van der Waals surface area contributed by atoms with E-state index in [0.29, 0.717) is 13.1 Å². The third-order valence-electron chi connectivity index (χ3n) is 4.82. The number of nitro groups is 2. The van der Waals surface area contributed by atoms with Crippen molar-refractivity contribution in [1.29, 1.82) is 0 Å². The second kappa shape index (κ2) is 8.11. The Hall–Kier alpha value is -4.08. The number of benzene rings is 2. The molecule has 154 valence electrons. The average Bonchev–Trinajstić information content (AvgIpc) is 2.74. The van der Waals surface area contributed by atoms with Gasteiger partial charge < -0.3 is 10.2 Å². The quantitative estimate of drug-likeness (QED) is 0.541. The highest BCUT2D eigenvalue weighted by Gasteiger charge is 2.35. The number of carbonyl (C=O) groups excluding carboxylic acids is 2. The lowest BCUT2D eigenvalue weighted by atomic mass is 9.89. The zero-order chi connectivity index (χ0) is 22.0. The predicted octanol–water partition coefficient (Wildman–Crippen LogP) is 3.55. The van der Waals surface area contributed by atoms with Crippen LogP contribution in [0.2, 0.25) is 0 Å². The number of nitrogens with one attached hydrogen (secondary N) is 1. The molecule has 0 spiro atoms. The van der Waals surface area contributed by atoms with E-state index in [0.717, 1.165) is 18.2 Å². The molecule has 0 fully saturated rings. The number of carbonyl (C=O) groups is 2. The molecule has 0 amide bonds. The summed E-state index contributed by atoms with van der Waals surface area (Å²) in [6.45, 7) is 4.50. The van der Waals surface area contributed by atoms with Crippen molar-refractivity contribution in [1.82, 2.24) is 4.90 Å². The average molecular weight is 410 g/mol. The molecule has 10 nitrogen and oxygen atoms in total. The molecule has 0 saturated heterocycles. The van der Waals surface area contributed by atoms with Crippen LogP contribution in [0.4, 0.5) is 17.1 Å². The predicted molar refractivity (Wildman–Crippen MR) is 108 cm³/mol. The first kappa shape index (κ1) is 20.6. The summed E-state index contributed by atoms with van der Waals surface area (Å²) in [4.78, 5) is 49.0. The first-order chi connectivity index (χ1) is 14.3. The number of rotatable bonds is 7. The lowest BCUT2D eigenvalue weighted by molar-refractivity contribution is -0.393. The number of allylic oxidation sites excluding steroid dienone is 2. The molecular weight excluding hydrogens is 392 g/mol. The van der Waals surface area contributed by atoms with Crippen molar-refractivity contribution in [3.63, 3.8) is 0 Å². The summed E-state index contributed by atoms with van der Waals surface area (Å²) in [6.07, 6.45) is 0. The van der Waals surface area contributed by atoms with Gasteiger partial charge in [-0.2, -0.15) is 0 Å². The Balaban J connectivity index is 2.20. The molecule has 3 rings (SSSR count). The van der Waals surface area contributed by atoms with Crippen molar-refractivity contribution in [3.05, 3.63) is 85.2 Å². The van der Waals surface area contributed by atoms with Gasteiger partial charge in [-0.3, -0.25) is 29.8 Å². The molecule has 2 aromatic rings. The first-order valence-electron chi connectivity index (χ1n) is 9.17. The van der Waals surface area contributed by atoms with Crippen LogP contribution in [0.1, 0.15) is 34.6 Å². The SMILES string of the molecule is CCN(CC)C1=C(Nc2ccc([N+](=O)[O-])cc2[N+](=O)[O-])C(=O)c2ccccc2C1=O.